The van der Waals surface area contributed by atoms with Crippen molar-refractivity contribution >= 4 is 16.9 Å². The third-order valence-electron chi connectivity index (χ3n) is 9.97. The number of aliphatic hydroxyl groups is 9. The minimum Gasteiger partial charge on any atom is -0.508 e. The van der Waals surface area contributed by atoms with Gasteiger partial charge in [-0.15, -0.1) is 0 Å². The second-order valence-electron chi connectivity index (χ2n) is 14.5. The van der Waals surface area contributed by atoms with Crippen LogP contribution in [0, 0.1) is 5.92 Å². The highest BCUT2D eigenvalue weighted by molar-refractivity contribution is 5.88. The van der Waals surface area contributed by atoms with Crippen LogP contribution in [0.25, 0.3) is 22.3 Å². The zero-order chi connectivity index (χ0) is 42.3. The first-order valence-electron chi connectivity index (χ1n) is 18.2. The Bertz CT molecular complexity index is 1950. The van der Waals surface area contributed by atoms with E-state index in [1.165, 1.54) is 31.2 Å². The molecule has 11 N–H and O–H groups in total. The van der Waals surface area contributed by atoms with E-state index in [2.05, 4.69) is 0 Å². The minimum atomic E-state index is -1.99. The standard InChI is InChI=1S/C37H46O21/c1-12(2)34(50)51-11-20-23(42)26(45)29(48)37(56-20)57-31-13(3)52-35(30(49)27(31)46)58-33-24(43)21-17(40)8-16(53-36-28(47)25(44)22(41)19(10-38)55-36)9-18(21)54-32(33)14-4-6-15(39)7-5-14/h4-9,12-13,19-20,22-23,25-31,35-42,44-49H,10-11H2,1-3H3/t13-,19+,20+,22+,23+,25-,26-,27-,28+,29+,30+,31-,35-,36+,37-/m0/s1. The first kappa shape index (κ1) is 43.4. The lowest BCUT2D eigenvalue weighted by molar-refractivity contribution is -0.349. The number of phenolic OH excluding ortho intramolecular Hbond substituents is 2. The van der Waals surface area contributed by atoms with E-state index >= 15 is 0 Å². The van der Waals surface area contributed by atoms with Crippen LogP contribution in [0.3, 0.4) is 0 Å². The van der Waals surface area contributed by atoms with Crippen LogP contribution < -0.4 is 14.9 Å². The molecule has 0 saturated carbocycles. The zero-order valence-corrected chi connectivity index (χ0v) is 31.1. The second kappa shape index (κ2) is 17.6. The fourth-order valence-electron chi connectivity index (χ4n) is 6.59. The Labute approximate surface area is 328 Å². The first-order chi connectivity index (χ1) is 27.4. The Balaban J connectivity index is 1.26. The summed E-state index contributed by atoms with van der Waals surface area (Å²) in [6.07, 6.45) is -25.1. The molecule has 21 heteroatoms. The van der Waals surface area contributed by atoms with Crippen LogP contribution in [0.4, 0.5) is 0 Å². The number of ether oxygens (including phenoxy) is 7. The average molecular weight is 827 g/mol. The van der Waals surface area contributed by atoms with Crippen molar-refractivity contribution in [3.05, 3.63) is 46.6 Å². The summed E-state index contributed by atoms with van der Waals surface area (Å²) in [5.41, 5.74) is -1.21. The molecule has 1 aromatic heterocycles. The molecule has 0 amide bonds. The highest BCUT2D eigenvalue weighted by Crippen LogP contribution is 2.39. The number of aliphatic hydroxyl groups excluding tert-OH is 9. The van der Waals surface area contributed by atoms with Crippen molar-refractivity contribution in [2.75, 3.05) is 13.2 Å². The number of aromatic hydroxyl groups is 2. The molecule has 3 aliphatic heterocycles. The van der Waals surface area contributed by atoms with Gasteiger partial charge in [0.25, 0.3) is 0 Å². The maximum Gasteiger partial charge on any atom is 0.308 e. The fraction of sp³-hybridized carbons (Fsp3) is 0.568. The molecule has 2 aromatic carbocycles. The topological polar surface area (TPSA) is 334 Å². The van der Waals surface area contributed by atoms with Crippen LogP contribution >= 0.6 is 0 Å². The van der Waals surface area contributed by atoms with E-state index in [0.717, 1.165) is 12.1 Å². The number of hydrogen-bond acceptors (Lipinski definition) is 21. The molecular formula is C37H46O21. The molecule has 3 aliphatic rings. The Morgan fingerprint density at radius 3 is 1.97 bits per heavy atom. The van der Waals surface area contributed by atoms with E-state index in [-0.39, 0.29) is 28.4 Å². The number of carbonyl (C=O) groups excluding carboxylic acids is 1. The highest BCUT2D eigenvalue weighted by atomic mass is 16.7. The molecule has 0 radical (unpaired) electrons. The van der Waals surface area contributed by atoms with Crippen LogP contribution in [-0.2, 0) is 28.5 Å². The Kier molecular flexibility index (Phi) is 13.1. The summed E-state index contributed by atoms with van der Waals surface area (Å²) in [7, 11) is 0. The number of rotatable bonds is 11. The number of hydrogen-bond donors (Lipinski definition) is 11. The molecule has 58 heavy (non-hydrogen) atoms. The first-order valence-corrected chi connectivity index (χ1v) is 18.2. The molecule has 3 saturated heterocycles. The lowest BCUT2D eigenvalue weighted by Crippen LogP contribution is -2.64. The van der Waals surface area contributed by atoms with Crippen LogP contribution in [0.2, 0.25) is 0 Å². The van der Waals surface area contributed by atoms with Crippen molar-refractivity contribution in [3.8, 4) is 34.3 Å². The number of fused-ring (bicyclic) bond motifs is 1. The number of esters is 1. The maximum atomic E-state index is 14.1. The van der Waals surface area contributed by atoms with Crippen molar-refractivity contribution in [2.24, 2.45) is 5.92 Å². The molecule has 0 unspecified atom stereocenters. The summed E-state index contributed by atoms with van der Waals surface area (Å²) in [5.74, 6) is -3.26. The van der Waals surface area contributed by atoms with Crippen molar-refractivity contribution in [1.29, 1.82) is 0 Å². The molecule has 4 heterocycles. The second-order valence-corrected chi connectivity index (χ2v) is 14.5. The summed E-state index contributed by atoms with van der Waals surface area (Å²) in [6.45, 7) is 3.28. The quantitative estimate of drug-likeness (QED) is 0.0875. The van der Waals surface area contributed by atoms with Gasteiger partial charge < -0.3 is 93.7 Å². The molecule has 320 valence electrons. The van der Waals surface area contributed by atoms with Gasteiger partial charge in [0.15, 0.2) is 12.1 Å². The SMILES string of the molecule is CC(C)C(=O)OC[C@H]1O[C@@H](O[C@@H]2[C@@H](O)[C@@H](O)[C@H](Oc3c(-c4ccc(O)cc4)oc4cc(O[C@@H]5O[C@H](CO)[C@@H](O)[C@H](O)[C@H]5O)cc(O)c4c3=O)O[C@H]2C)[C@H](O)[C@@H](O)[C@@H]1O. The Morgan fingerprint density at radius 1 is 0.741 bits per heavy atom. The van der Waals surface area contributed by atoms with Crippen LogP contribution in [0.15, 0.2) is 45.6 Å². The summed E-state index contributed by atoms with van der Waals surface area (Å²) in [6, 6.07) is 7.28. The molecule has 6 rings (SSSR count). The van der Waals surface area contributed by atoms with Crippen LogP contribution in [0.5, 0.6) is 23.0 Å². The molecule has 21 nitrogen and oxygen atoms in total. The normalized spacial score (nSPS) is 35.5. The van der Waals surface area contributed by atoms with Gasteiger partial charge in [0, 0.05) is 17.7 Å². The summed E-state index contributed by atoms with van der Waals surface area (Å²) < 4.78 is 45.2. The predicted octanol–water partition coefficient (Wildman–Crippen LogP) is -2.71. The van der Waals surface area contributed by atoms with E-state index < -0.39 is 140 Å². The van der Waals surface area contributed by atoms with Gasteiger partial charge in [-0.25, -0.2) is 0 Å². The zero-order valence-electron chi connectivity index (χ0n) is 31.1. The van der Waals surface area contributed by atoms with Crippen molar-refractivity contribution in [1.82, 2.24) is 0 Å². The third kappa shape index (κ3) is 8.58. The van der Waals surface area contributed by atoms with Gasteiger partial charge in [-0.1, -0.05) is 13.8 Å². The molecule has 0 aliphatic carbocycles. The number of carbonyl (C=O) groups is 1. The van der Waals surface area contributed by atoms with Gasteiger partial charge in [0.05, 0.1) is 18.6 Å². The van der Waals surface area contributed by atoms with E-state index in [9.17, 15) is 65.8 Å². The largest absolute Gasteiger partial charge is 0.508 e. The molecule has 0 bridgehead atoms. The van der Waals surface area contributed by atoms with Gasteiger partial charge in [0.2, 0.25) is 23.8 Å². The summed E-state index contributed by atoms with van der Waals surface area (Å²) in [4.78, 5) is 26.1. The van der Waals surface area contributed by atoms with Crippen LogP contribution in [-0.4, -0.2) is 167 Å². The van der Waals surface area contributed by atoms with Crippen molar-refractivity contribution in [3.63, 3.8) is 0 Å². The lowest BCUT2D eigenvalue weighted by Gasteiger charge is -2.45. The molecular weight excluding hydrogens is 780 g/mol. The van der Waals surface area contributed by atoms with E-state index in [4.69, 9.17) is 37.6 Å². The molecule has 3 fully saturated rings. The molecule has 15 atom stereocenters. The summed E-state index contributed by atoms with van der Waals surface area (Å²) >= 11 is 0. The van der Waals surface area contributed by atoms with Gasteiger partial charge in [-0.2, -0.15) is 0 Å². The molecule has 0 spiro atoms. The summed E-state index contributed by atoms with van der Waals surface area (Å²) in [5, 5.41) is 115. The number of phenols is 2. The fourth-order valence-corrected chi connectivity index (χ4v) is 6.59. The monoisotopic (exact) mass is 826 g/mol. The lowest BCUT2D eigenvalue weighted by atomic mass is 9.97. The third-order valence-corrected chi connectivity index (χ3v) is 9.97. The van der Waals surface area contributed by atoms with Gasteiger partial charge in [-0.05, 0) is 31.2 Å². The van der Waals surface area contributed by atoms with Gasteiger partial charge in [0.1, 0.15) is 102 Å². The van der Waals surface area contributed by atoms with E-state index in [1.54, 1.807) is 13.8 Å². The van der Waals surface area contributed by atoms with Crippen molar-refractivity contribution < 1.29 is 98.5 Å². The molecule has 3 aromatic rings. The van der Waals surface area contributed by atoms with Crippen LogP contribution in [0.1, 0.15) is 20.8 Å². The van der Waals surface area contributed by atoms with E-state index in [1.807, 2.05) is 0 Å². The van der Waals surface area contributed by atoms with Crippen molar-refractivity contribution in [2.45, 2.75) is 113 Å². The smallest absolute Gasteiger partial charge is 0.308 e. The highest BCUT2D eigenvalue weighted by Gasteiger charge is 2.51. The maximum absolute atomic E-state index is 14.1. The van der Waals surface area contributed by atoms with E-state index in [0.29, 0.717) is 0 Å². The number of benzene rings is 2. The Morgan fingerprint density at radius 2 is 1.33 bits per heavy atom. The van der Waals surface area contributed by atoms with Gasteiger partial charge >= 0.3 is 5.97 Å². The van der Waals surface area contributed by atoms with Gasteiger partial charge in [-0.3, -0.25) is 9.59 Å². The minimum absolute atomic E-state index is 0.129. The average Bonchev–Trinajstić information content (AvgIpc) is 3.18. The Hall–Kier alpha value is -4.20. The predicted molar refractivity (Wildman–Crippen MR) is 190 cm³/mol.